The van der Waals surface area contributed by atoms with Gasteiger partial charge in [0.1, 0.15) is 0 Å². The van der Waals surface area contributed by atoms with Crippen molar-refractivity contribution in [3.63, 3.8) is 0 Å². The van der Waals surface area contributed by atoms with Crippen molar-refractivity contribution in [2.45, 2.75) is 45.4 Å². The third kappa shape index (κ3) is 3.78. The van der Waals surface area contributed by atoms with Crippen LogP contribution in [0.15, 0.2) is 10.9 Å². The highest BCUT2D eigenvalue weighted by molar-refractivity contribution is 7.20. The van der Waals surface area contributed by atoms with Crippen LogP contribution in [0.1, 0.15) is 44.7 Å². The van der Waals surface area contributed by atoms with E-state index in [2.05, 4.69) is 41.3 Å². The van der Waals surface area contributed by atoms with E-state index in [1.54, 1.807) is 6.07 Å². The number of anilines is 1. The molecule has 7 heteroatoms. The largest absolute Gasteiger partial charge is 0.359 e. The maximum absolute atomic E-state index is 12.2. The summed E-state index contributed by atoms with van der Waals surface area (Å²) in [5.74, 6) is 0. The molecule has 1 saturated carbocycles. The molecule has 2 aromatic heterocycles. The number of aromatic nitrogens is 3. The molecule has 0 radical (unpaired) electrons. The minimum absolute atomic E-state index is 0.0865. The summed E-state index contributed by atoms with van der Waals surface area (Å²) < 4.78 is 1.42. The molecular weight excluding hydrogens is 322 g/mol. The Morgan fingerprint density at radius 1 is 1.38 bits per heavy atom. The van der Waals surface area contributed by atoms with Crippen molar-refractivity contribution in [2.24, 2.45) is 5.41 Å². The molecule has 1 fully saturated rings. The molecule has 3 rings (SSSR count). The van der Waals surface area contributed by atoms with Crippen molar-refractivity contribution < 1.29 is 0 Å². The fraction of sp³-hybridized carbons (Fsp3) is 0.706. The topological polar surface area (TPSA) is 62.5 Å². The Balaban J connectivity index is 1.77. The third-order valence-electron chi connectivity index (χ3n) is 4.73. The van der Waals surface area contributed by atoms with Gasteiger partial charge in [0.05, 0.1) is 0 Å². The second kappa shape index (κ2) is 7.19. The fourth-order valence-electron chi connectivity index (χ4n) is 3.76. The van der Waals surface area contributed by atoms with E-state index in [-0.39, 0.29) is 5.56 Å². The van der Waals surface area contributed by atoms with E-state index in [9.17, 15) is 4.79 Å². The van der Waals surface area contributed by atoms with Gasteiger partial charge < -0.3 is 10.2 Å². The maximum Gasteiger partial charge on any atom is 0.275 e. The van der Waals surface area contributed by atoms with E-state index in [0.29, 0.717) is 10.4 Å². The van der Waals surface area contributed by atoms with Gasteiger partial charge in [-0.3, -0.25) is 4.79 Å². The number of aryl methyl sites for hydroxylation is 1. The lowest BCUT2D eigenvalue weighted by Crippen LogP contribution is -2.37. The smallest absolute Gasteiger partial charge is 0.275 e. The molecule has 2 heterocycles. The molecule has 24 heavy (non-hydrogen) atoms. The average Bonchev–Trinajstić information content (AvgIpc) is 3.12. The Hall–Kier alpha value is -1.47. The van der Waals surface area contributed by atoms with Crippen molar-refractivity contribution in [2.75, 3.05) is 32.5 Å². The van der Waals surface area contributed by atoms with Gasteiger partial charge in [-0.25, -0.2) is 4.98 Å². The minimum atomic E-state index is -0.0865. The minimum Gasteiger partial charge on any atom is -0.359 e. The molecule has 0 atom stereocenters. The molecule has 0 amide bonds. The lowest BCUT2D eigenvalue weighted by atomic mass is 9.85. The van der Waals surface area contributed by atoms with Gasteiger partial charge in [-0.1, -0.05) is 37.5 Å². The van der Waals surface area contributed by atoms with Crippen LogP contribution in [-0.2, 0) is 6.42 Å². The second-order valence-electron chi connectivity index (χ2n) is 7.24. The standard InChI is InChI=1S/C17H27N5OS/c1-4-7-13-10-14(23)22-16(19-13)24-15(20-22)18-11-17(12-21(2)3)8-5-6-9-17/h10H,4-9,11-12H2,1-3H3,(H,18,20). The summed E-state index contributed by atoms with van der Waals surface area (Å²) in [4.78, 5) is 19.7. The van der Waals surface area contributed by atoms with E-state index in [0.717, 1.165) is 36.8 Å². The van der Waals surface area contributed by atoms with Crippen molar-refractivity contribution in [1.82, 2.24) is 19.5 Å². The first kappa shape index (κ1) is 17.4. The highest BCUT2D eigenvalue weighted by atomic mass is 32.1. The van der Waals surface area contributed by atoms with Gasteiger partial charge in [-0.2, -0.15) is 4.52 Å². The monoisotopic (exact) mass is 349 g/mol. The zero-order valence-electron chi connectivity index (χ0n) is 14.8. The van der Waals surface area contributed by atoms with Gasteiger partial charge in [-0.05, 0) is 33.4 Å². The molecule has 6 nitrogen and oxygen atoms in total. The van der Waals surface area contributed by atoms with Gasteiger partial charge in [0.2, 0.25) is 10.1 Å². The lowest BCUT2D eigenvalue weighted by Gasteiger charge is -2.32. The predicted octanol–water partition coefficient (Wildman–Crippen LogP) is 2.64. The summed E-state index contributed by atoms with van der Waals surface area (Å²) in [6.45, 7) is 4.08. The Bertz CT molecular complexity index is 745. The number of nitrogens with one attached hydrogen (secondary N) is 1. The van der Waals surface area contributed by atoms with Crippen LogP contribution in [0.25, 0.3) is 4.96 Å². The Kier molecular flexibility index (Phi) is 5.20. The van der Waals surface area contributed by atoms with E-state index in [1.165, 1.54) is 41.5 Å². The molecule has 1 aliphatic rings. The first-order valence-corrected chi connectivity index (χ1v) is 9.61. The molecule has 1 aliphatic carbocycles. The van der Waals surface area contributed by atoms with Crippen LogP contribution in [0.4, 0.5) is 5.13 Å². The molecule has 1 N–H and O–H groups in total. The lowest BCUT2D eigenvalue weighted by molar-refractivity contribution is 0.215. The van der Waals surface area contributed by atoms with Crippen LogP contribution in [-0.4, -0.2) is 46.7 Å². The molecule has 132 valence electrons. The molecule has 0 aromatic carbocycles. The summed E-state index contributed by atoms with van der Waals surface area (Å²) in [6.07, 6.45) is 6.93. The number of hydrogen-bond donors (Lipinski definition) is 1. The quantitative estimate of drug-likeness (QED) is 0.832. The first-order valence-electron chi connectivity index (χ1n) is 8.80. The van der Waals surface area contributed by atoms with Crippen LogP contribution in [0.5, 0.6) is 0 Å². The van der Waals surface area contributed by atoms with E-state index in [1.807, 2.05) is 0 Å². The summed E-state index contributed by atoms with van der Waals surface area (Å²) in [5, 5.41) is 8.69. The van der Waals surface area contributed by atoms with Crippen LogP contribution in [0, 0.1) is 5.41 Å². The number of rotatable bonds is 7. The number of fused-ring (bicyclic) bond motifs is 1. The predicted molar refractivity (Wildman–Crippen MR) is 99.1 cm³/mol. The average molecular weight is 350 g/mol. The van der Waals surface area contributed by atoms with E-state index in [4.69, 9.17) is 0 Å². The highest BCUT2D eigenvalue weighted by Gasteiger charge is 2.34. The maximum atomic E-state index is 12.2. The summed E-state index contributed by atoms with van der Waals surface area (Å²) in [6, 6.07) is 1.60. The Morgan fingerprint density at radius 2 is 2.12 bits per heavy atom. The van der Waals surface area contributed by atoms with Crippen molar-refractivity contribution in [1.29, 1.82) is 0 Å². The second-order valence-corrected chi connectivity index (χ2v) is 8.19. The van der Waals surface area contributed by atoms with Gasteiger partial charge in [0.15, 0.2) is 0 Å². The van der Waals surface area contributed by atoms with Crippen molar-refractivity contribution in [3.8, 4) is 0 Å². The van der Waals surface area contributed by atoms with Crippen LogP contribution in [0.2, 0.25) is 0 Å². The summed E-state index contributed by atoms with van der Waals surface area (Å²) in [7, 11) is 4.27. The molecule has 0 bridgehead atoms. The number of nitrogens with zero attached hydrogens (tertiary/aromatic N) is 4. The van der Waals surface area contributed by atoms with Gasteiger partial charge >= 0.3 is 0 Å². The zero-order valence-corrected chi connectivity index (χ0v) is 15.7. The molecule has 2 aromatic rings. The normalized spacial score (nSPS) is 17.0. The molecule has 0 unspecified atom stereocenters. The molecule has 0 saturated heterocycles. The van der Waals surface area contributed by atoms with Crippen molar-refractivity contribution in [3.05, 3.63) is 22.1 Å². The van der Waals surface area contributed by atoms with E-state index >= 15 is 0 Å². The highest BCUT2D eigenvalue weighted by Crippen LogP contribution is 2.38. The molecule has 0 spiro atoms. The number of hydrogen-bond acceptors (Lipinski definition) is 6. The van der Waals surface area contributed by atoms with Crippen LogP contribution >= 0.6 is 11.3 Å². The Labute approximate surface area is 146 Å². The van der Waals surface area contributed by atoms with Crippen LogP contribution in [0.3, 0.4) is 0 Å². The van der Waals surface area contributed by atoms with Crippen molar-refractivity contribution >= 4 is 21.4 Å². The molecular formula is C17H27N5OS. The SMILES string of the molecule is CCCc1cc(=O)n2nc(NCC3(CN(C)C)CCCC3)sc2n1. The van der Waals surface area contributed by atoms with Gasteiger partial charge in [0, 0.05) is 30.3 Å². The zero-order chi connectivity index (χ0) is 17.2. The van der Waals surface area contributed by atoms with Crippen LogP contribution < -0.4 is 10.9 Å². The molecule has 0 aliphatic heterocycles. The summed E-state index contributed by atoms with van der Waals surface area (Å²) >= 11 is 1.47. The van der Waals surface area contributed by atoms with Gasteiger partial charge in [0.25, 0.3) is 5.56 Å². The van der Waals surface area contributed by atoms with Gasteiger partial charge in [-0.15, -0.1) is 5.10 Å². The fourth-order valence-corrected chi connectivity index (χ4v) is 4.58. The summed E-state index contributed by atoms with van der Waals surface area (Å²) in [5.41, 5.74) is 1.09. The van der Waals surface area contributed by atoms with E-state index < -0.39 is 0 Å². The Morgan fingerprint density at radius 3 is 2.79 bits per heavy atom. The first-order chi connectivity index (χ1) is 11.5. The third-order valence-corrected chi connectivity index (χ3v) is 5.60.